The van der Waals surface area contributed by atoms with Crippen molar-refractivity contribution < 1.29 is 4.79 Å². The molecule has 5 nitrogen and oxygen atoms in total. The minimum absolute atomic E-state index is 0.325. The number of hydrogen-bond acceptors (Lipinski definition) is 5. The number of fused-ring (bicyclic) bond motifs is 1. The van der Waals surface area contributed by atoms with Crippen molar-refractivity contribution in [2.45, 2.75) is 20.3 Å². The summed E-state index contributed by atoms with van der Waals surface area (Å²) in [5.41, 5.74) is 8.46. The number of rotatable bonds is 4. The van der Waals surface area contributed by atoms with E-state index in [4.69, 9.17) is 11.0 Å². The molecule has 0 spiro atoms. The first-order chi connectivity index (χ1) is 12.0. The molecule has 0 unspecified atom stereocenters. The van der Waals surface area contributed by atoms with Crippen LogP contribution in [0, 0.1) is 17.2 Å². The van der Waals surface area contributed by atoms with Gasteiger partial charge in [0.1, 0.15) is 15.8 Å². The number of hydrogen-bond donors (Lipinski definition) is 2. The average molecular weight is 350 g/mol. The highest BCUT2D eigenvalue weighted by atomic mass is 32.1. The van der Waals surface area contributed by atoms with Crippen LogP contribution >= 0.6 is 11.3 Å². The van der Waals surface area contributed by atoms with Crippen LogP contribution in [0.4, 0.5) is 11.4 Å². The second-order valence-electron chi connectivity index (χ2n) is 6.21. The Kier molecular flexibility index (Phi) is 4.68. The number of pyridine rings is 1. The zero-order valence-corrected chi connectivity index (χ0v) is 14.9. The van der Waals surface area contributed by atoms with E-state index in [1.807, 2.05) is 12.1 Å². The van der Waals surface area contributed by atoms with Crippen LogP contribution in [0.25, 0.3) is 10.2 Å². The lowest BCUT2D eigenvalue weighted by atomic mass is 10.1. The van der Waals surface area contributed by atoms with Gasteiger partial charge in [0.2, 0.25) is 0 Å². The fraction of sp³-hybridized carbons (Fsp3) is 0.211. The van der Waals surface area contributed by atoms with Crippen molar-refractivity contribution in [2.75, 3.05) is 11.1 Å². The standard InChI is InChI=1S/C19H18N4OS/c1-11(2)9-13-7-8-14-16(21)17(25-19(14)22-13)18(24)23-15-6-4-3-5-12(15)10-20/h3-8,11H,9,21H2,1-2H3,(H,23,24). The molecule has 0 bridgehead atoms. The number of nitrogens with two attached hydrogens (primary N) is 1. The smallest absolute Gasteiger partial charge is 0.267 e. The fourth-order valence-electron chi connectivity index (χ4n) is 2.60. The summed E-state index contributed by atoms with van der Waals surface area (Å²) in [6.45, 7) is 4.28. The van der Waals surface area contributed by atoms with Gasteiger partial charge >= 0.3 is 0 Å². The maximum absolute atomic E-state index is 12.6. The second-order valence-corrected chi connectivity index (χ2v) is 7.21. The molecular formula is C19H18N4OS. The quantitative estimate of drug-likeness (QED) is 0.737. The molecule has 0 aliphatic heterocycles. The minimum Gasteiger partial charge on any atom is -0.397 e. The monoisotopic (exact) mass is 350 g/mol. The van der Waals surface area contributed by atoms with Crippen molar-refractivity contribution in [3.63, 3.8) is 0 Å². The van der Waals surface area contributed by atoms with Gasteiger partial charge in [-0.3, -0.25) is 4.79 Å². The molecule has 0 aliphatic rings. The molecule has 1 aromatic carbocycles. The number of nitrogen functional groups attached to an aromatic ring is 1. The highest BCUT2D eigenvalue weighted by Crippen LogP contribution is 2.33. The third kappa shape index (κ3) is 3.47. The van der Waals surface area contributed by atoms with Crippen LogP contribution in [0.5, 0.6) is 0 Å². The molecule has 3 rings (SSSR count). The van der Waals surface area contributed by atoms with E-state index >= 15 is 0 Å². The summed E-state index contributed by atoms with van der Waals surface area (Å²) in [5.74, 6) is 0.182. The number of nitrogens with one attached hydrogen (secondary N) is 1. The Bertz CT molecular complexity index is 985. The van der Waals surface area contributed by atoms with Crippen molar-refractivity contribution in [1.29, 1.82) is 5.26 Å². The molecule has 25 heavy (non-hydrogen) atoms. The highest BCUT2D eigenvalue weighted by Gasteiger charge is 2.18. The number of para-hydroxylation sites is 1. The Morgan fingerprint density at radius 2 is 2.08 bits per heavy atom. The predicted molar refractivity (Wildman–Crippen MR) is 102 cm³/mol. The predicted octanol–water partition coefficient (Wildman–Crippen LogP) is 4.20. The van der Waals surface area contributed by atoms with Crippen LogP contribution in [0.2, 0.25) is 0 Å². The molecule has 126 valence electrons. The number of amides is 1. The van der Waals surface area contributed by atoms with Crippen LogP contribution < -0.4 is 11.1 Å². The zero-order chi connectivity index (χ0) is 18.0. The van der Waals surface area contributed by atoms with Gasteiger partial charge < -0.3 is 11.1 Å². The maximum Gasteiger partial charge on any atom is 0.267 e. The molecule has 3 N–H and O–H groups in total. The van der Waals surface area contributed by atoms with E-state index in [1.54, 1.807) is 24.3 Å². The molecule has 0 atom stereocenters. The topological polar surface area (TPSA) is 91.8 Å². The van der Waals surface area contributed by atoms with E-state index < -0.39 is 0 Å². The summed E-state index contributed by atoms with van der Waals surface area (Å²) in [6, 6.07) is 12.8. The summed E-state index contributed by atoms with van der Waals surface area (Å²) in [6.07, 6.45) is 0.880. The number of carbonyl (C=O) groups is 1. The minimum atomic E-state index is -0.325. The Morgan fingerprint density at radius 3 is 2.80 bits per heavy atom. The first kappa shape index (κ1) is 16.9. The van der Waals surface area contributed by atoms with Crippen LogP contribution in [0.1, 0.15) is 34.8 Å². The maximum atomic E-state index is 12.6. The van der Waals surface area contributed by atoms with Crippen molar-refractivity contribution in [3.8, 4) is 6.07 Å². The molecular weight excluding hydrogens is 332 g/mol. The van der Waals surface area contributed by atoms with Gasteiger partial charge in [0.25, 0.3) is 5.91 Å². The molecule has 3 aromatic rings. The second kappa shape index (κ2) is 6.91. The summed E-state index contributed by atoms with van der Waals surface area (Å²) in [5, 5.41) is 12.7. The van der Waals surface area contributed by atoms with Gasteiger partial charge in [-0.25, -0.2) is 4.98 Å². The van der Waals surface area contributed by atoms with Gasteiger partial charge in [-0.05, 0) is 36.6 Å². The number of anilines is 2. The number of thiophene rings is 1. The van der Waals surface area contributed by atoms with E-state index in [0.29, 0.717) is 27.7 Å². The number of carbonyl (C=O) groups excluding carboxylic acids is 1. The molecule has 6 heteroatoms. The third-order valence-corrected chi connectivity index (χ3v) is 4.88. The summed E-state index contributed by atoms with van der Waals surface area (Å²) in [7, 11) is 0. The lowest BCUT2D eigenvalue weighted by Gasteiger charge is -2.05. The Labute approximate surface area is 150 Å². The zero-order valence-electron chi connectivity index (χ0n) is 14.0. The lowest BCUT2D eigenvalue weighted by Crippen LogP contribution is -2.12. The van der Waals surface area contributed by atoms with E-state index in [2.05, 4.69) is 30.2 Å². The van der Waals surface area contributed by atoms with Gasteiger partial charge in [-0.2, -0.15) is 5.26 Å². The molecule has 2 aromatic heterocycles. The number of benzene rings is 1. The summed E-state index contributed by atoms with van der Waals surface area (Å²) in [4.78, 5) is 18.4. The Hall–Kier alpha value is -2.91. The van der Waals surface area contributed by atoms with Gasteiger partial charge in [-0.1, -0.05) is 26.0 Å². The largest absolute Gasteiger partial charge is 0.397 e. The van der Waals surface area contributed by atoms with Gasteiger partial charge in [-0.15, -0.1) is 11.3 Å². The van der Waals surface area contributed by atoms with E-state index in [-0.39, 0.29) is 5.91 Å². The van der Waals surface area contributed by atoms with Crippen molar-refractivity contribution in [2.24, 2.45) is 5.92 Å². The molecule has 0 fully saturated rings. The van der Waals surface area contributed by atoms with E-state index in [1.165, 1.54) is 11.3 Å². The fourth-order valence-corrected chi connectivity index (χ4v) is 3.61. The van der Waals surface area contributed by atoms with Crippen molar-refractivity contribution in [1.82, 2.24) is 4.98 Å². The first-order valence-electron chi connectivity index (χ1n) is 7.98. The molecule has 0 radical (unpaired) electrons. The van der Waals surface area contributed by atoms with Gasteiger partial charge in [0, 0.05) is 11.1 Å². The molecule has 0 saturated carbocycles. The van der Waals surface area contributed by atoms with Crippen molar-refractivity contribution >= 4 is 38.8 Å². The SMILES string of the molecule is CC(C)Cc1ccc2c(N)c(C(=O)Nc3ccccc3C#N)sc2n1. The highest BCUT2D eigenvalue weighted by molar-refractivity contribution is 7.21. The average Bonchev–Trinajstić information content (AvgIpc) is 2.91. The Morgan fingerprint density at radius 1 is 1.32 bits per heavy atom. The number of aromatic nitrogens is 1. The lowest BCUT2D eigenvalue weighted by molar-refractivity contribution is 0.103. The molecule has 0 saturated heterocycles. The first-order valence-corrected chi connectivity index (χ1v) is 8.79. The van der Waals surface area contributed by atoms with E-state index in [9.17, 15) is 4.79 Å². The normalized spacial score (nSPS) is 10.8. The number of nitriles is 1. The van der Waals surface area contributed by atoms with Crippen LogP contribution in [-0.4, -0.2) is 10.9 Å². The van der Waals surface area contributed by atoms with Crippen LogP contribution in [0.15, 0.2) is 36.4 Å². The van der Waals surface area contributed by atoms with E-state index in [0.717, 1.165) is 22.3 Å². The number of nitrogens with zero attached hydrogens (tertiary/aromatic N) is 2. The summed E-state index contributed by atoms with van der Waals surface area (Å²) < 4.78 is 0. The van der Waals surface area contributed by atoms with Crippen molar-refractivity contribution in [3.05, 3.63) is 52.5 Å². The molecule has 1 amide bonds. The Balaban J connectivity index is 1.94. The summed E-state index contributed by atoms with van der Waals surface area (Å²) >= 11 is 1.27. The van der Waals surface area contributed by atoms with Crippen LogP contribution in [-0.2, 0) is 6.42 Å². The molecule has 2 heterocycles. The van der Waals surface area contributed by atoms with Crippen LogP contribution in [0.3, 0.4) is 0 Å². The third-order valence-electron chi connectivity index (χ3n) is 3.77. The van der Waals surface area contributed by atoms with Gasteiger partial charge in [0.05, 0.1) is 16.9 Å². The molecule has 0 aliphatic carbocycles. The van der Waals surface area contributed by atoms with Gasteiger partial charge in [0.15, 0.2) is 0 Å².